The number of hydrogen-bond acceptors (Lipinski definition) is 0. The number of hydrogen-bond donors (Lipinski definition) is 0. The van der Waals surface area contributed by atoms with E-state index in [4.69, 9.17) is 11.6 Å². The summed E-state index contributed by atoms with van der Waals surface area (Å²) in [5.74, 6) is 3.63. The van der Waals surface area contributed by atoms with E-state index < -0.39 is 0 Å². The van der Waals surface area contributed by atoms with Gasteiger partial charge in [-0.1, -0.05) is 60.1 Å². The Hall–Kier alpha value is -2.05. The van der Waals surface area contributed by atoms with Crippen LogP contribution >= 0.6 is 11.6 Å². The van der Waals surface area contributed by atoms with Crippen molar-refractivity contribution in [2.45, 2.75) is 37.5 Å². The highest BCUT2D eigenvalue weighted by atomic mass is 35.5. The van der Waals surface area contributed by atoms with Crippen LogP contribution in [0.2, 0.25) is 5.02 Å². The summed E-state index contributed by atoms with van der Waals surface area (Å²) in [6, 6.07) is 25.0. The van der Waals surface area contributed by atoms with Gasteiger partial charge in [-0.3, -0.25) is 0 Å². The van der Waals surface area contributed by atoms with E-state index in [1.54, 1.807) is 11.1 Å². The van der Waals surface area contributed by atoms with Crippen LogP contribution in [-0.4, -0.2) is 0 Å². The maximum atomic E-state index is 6.53. The van der Waals surface area contributed by atoms with Crippen molar-refractivity contribution in [3.8, 4) is 22.3 Å². The second kappa shape index (κ2) is 5.22. The molecule has 6 atom stereocenters. The fourth-order valence-electron chi connectivity index (χ4n) is 9.32. The Labute approximate surface area is 183 Å². The lowest BCUT2D eigenvalue weighted by Gasteiger charge is -2.54. The van der Waals surface area contributed by atoms with Crippen LogP contribution in [0.1, 0.15) is 43.2 Å². The third-order valence-electron chi connectivity index (χ3n) is 10.0. The summed E-state index contributed by atoms with van der Waals surface area (Å²) in [6.07, 6.45) is 7.39. The first-order chi connectivity index (χ1) is 14.7. The average molecular weight is 409 g/mol. The van der Waals surface area contributed by atoms with E-state index in [0.717, 1.165) is 28.7 Å². The summed E-state index contributed by atoms with van der Waals surface area (Å²) >= 11 is 6.53. The van der Waals surface area contributed by atoms with E-state index in [1.165, 1.54) is 54.4 Å². The molecule has 5 aliphatic rings. The molecule has 0 nitrogen and oxygen atoms in total. The molecule has 2 spiro atoms. The smallest absolute Gasteiger partial charge is 0.0412 e. The van der Waals surface area contributed by atoms with Crippen LogP contribution in [0.3, 0.4) is 0 Å². The first kappa shape index (κ1) is 16.6. The SMILES string of the molecule is Clc1ccc2c(c1)-c1ccc(-c3ccccc3)cc1C21C2CC3CC4CC1C4(C3)C2. The van der Waals surface area contributed by atoms with Crippen molar-refractivity contribution in [1.29, 1.82) is 0 Å². The summed E-state index contributed by atoms with van der Waals surface area (Å²) in [7, 11) is 0. The van der Waals surface area contributed by atoms with E-state index in [1.807, 2.05) is 0 Å². The molecule has 0 aromatic heterocycles. The molecule has 0 N–H and O–H groups in total. The van der Waals surface area contributed by atoms with Crippen LogP contribution in [0.15, 0.2) is 66.7 Å². The molecule has 4 fully saturated rings. The Morgan fingerprint density at radius 3 is 2.47 bits per heavy atom. The maximum Gasteiger partial charge on any atom is 0.0412 e. The molecule has 3 bridgehead atoms. The third-order valence-corrected chi connectivity index (χ3v) is 10.3. The summed E-state index contributed by atoms with van der Waals surface area (Å²) in [5.41, 5.74) is 9.67. The minimum Gasteiger partial charge on any atom is -0.0843 e. The number of rotatable bonds is 1. The molecule has 0 heterocycles. The molecule has 0 aliphatic heterocycles. The second-order valence-electron chi connectivity index (χ2n) is 10.8. The highest BCUT2D eigenvalue weighted by molar-refractivity contribution is 6.31. The van der Waals surface area contributed by atoms with Crippen molar-refractivity contribution >= 4 is 11.6 Å². The lowest BCUT2D eigenvalue weighted by molar-refractivity contribution is -0.0193. The van der Waals surface area contributed by atoms with Gasteiger partial charge >= 0.3 is 0 Å². The molecule has 3 aromatic carbocycles. The van der Waals surface area contributed by atoms with Crippen LogP contribution in [0.5, 0.6) is 0 Å². The summed E-state index contributed by atoms with van der Waals surface area (Å²) < 4.78 is 0. The first-order valence-corrected chi connectivity index (χ1v) is 12.1. The zero-order valence-corrected chi connectivity index (χ0v) is 17.8. The molecule has 1 heteroatoms. The van der Waals surface area contributed by atoms with Crippen molar-refractivity contribution < 1.29 is 0 Å². The molecular weight excluding hydrogens is 384 g/mol. The zero-order chi connectivity index (χ0) is 19.7. The quantitative estimate of drug-likeness (QED) is 0.386. The van der Waals surface area contributed by atoms with Gasteiger partial charge in [0.15, 0.2) is 0 Å². The monoisotopic (exact) mass is 408 g/mol. The van der Waals surface area contributed by atoms with Crippen molar-refractivity contribution in [3.63, 3.8) is 0 Å². The topological polar surface area (TPSA) is 0 Å². The zero-order valence-electron chi connectivity index (χ0n) is 17.1. The number of benzene rings is 3. The standard InChI is InChI=1S/C29H25Cl/c30-22-7-9-25-24(14-22)23-8-6-19(18-4-2-1-3-5-18)12-26(23)29(25)21-11-17-10-20-13-27(29)28(20,15-17)16-21/h1-9,12,14,17,20-21,27H,10-11,13,15-16H2. The first-order valence-electron chi connectivity index (χ1n) is 11.7. The fraction of sp³-hybridized carbons (Fsp3) is 0.379. The van der Waals surface area contributed by atoms with Gasteiger partial charge in [0.25, 0.3) is 0 Å². The largest absolute Gasteiger partial charge is 0.0843 e. The lowest BCUT2D eigenvalue weighted by Crippen LogP contribution is -2.50. The van der Waals surface area contributed by atoms with Crippen molar-refractivity contribution in [1.82, 2.24) is 0 Å². The molecule has 4 saturated carbocycles. The van der Waals surface area contributed by atoms with Crippen LogP contribution in [0.25, 0.3) is 22.3 Å². The maximum absolute atomic E-state index is 6.53. The second-order valence-corrected chi connectivity index (χ2v) is 11.3. The Morgan fingerprint density at radius 1 is 0.700 bits per heavy atom. The summed E-state index contributed by atoms with van der Waals surface area (Å²) in [4.78, 5) is 0. The molecule has 5 aliphatic carbocycles. The van der Waals surface area contributed by atoms with Gasteiger partial charge in [-0.2, -0.15) is 0 Å². The molecule has 148 valence electrons. The average Bonchev–Trinajstić information content (AvgIpc) is 3.22. The van der Waals surface area contributed by atoms with Gasteiger partial charge in [0.1, 0.15) is 0 Å². The van der Waals surface area contributed by atoms with Crippen molar-refractivity contribution in [2.24, 2.45) is 29.1 Å². The lowest BCUT2D eigenvalue weighted by atomic mass is 9.49. The molecule has 0 saturated heterocycles. The molecule has 0 amide bonds. The minimum absolute atomic E-state index is 0.228. The van der Waals surface area contributed by atoms with Gasteiger partial charge < -0.3 is 0 Å². The van der Waals surface area contributed by atoms with Gasteiger partial charge in [0, 0.05) is 10.4 Å². The van der Waals surface area contributed by atoms with Crippen molar-refractivity contribution in [3.05, 3.63) is 82.9 Å². The van der Waals surface area contributed by atoms with Gasteiger partial charge in [0.2, 0.25) is 0 Å². The van der Waals surface area contributed by atoms with E-state index in [-0.39, 0.29) is 5.41 Å². The molecular formula is C29H25Cl. The molecule has 0 radical (unpaired) electrons. The summed E-state index contributed by atoms with van der Waals surface area (Å²) in [6.45, 7) is 0. The molecule has 6 unspecified atom stereocenters. The Balaban J connectivity index is 1.43. The predicted molar refractivity (Wildman–Crippen MR) is 123 cm³/mol. The Bertz CT molecular complexity index is 1230. The fourth-order valence-corrected chi connectivity index (χ4v) is 9.49. The Kier molecular flexibility index (Phi) is 2.89. The van der Waals surface area contributed by atoms with Gasteiger partial charge in [-0.15, -0.1) is 0 Å². The van der Waals surface area contributed by atoms with E-state index in [0.29, 0.717) is 5.41 Å². The van der Waals surface area contributed by atoms with Crippen LogP contribution in [-0.2, 0) is 5.41 Å². The van der Waals surface area contributed by atoms with E-state index >= 15 is 0 Å². The molecule has 8 rings (SSSR count). The molecule has 3 aromatic rings. The normalized spacial score (nSPS) is 38.4. The van der Waals surface area contributed by atoms with Crippen molar-refractivity contribution in [2.75, 3.05) is 0 Å². The van der Waals surface area contributed by atoms with Crippen LogP contribution in [0.4, 0.5) is 0 Å². The van der Waals surface area contributed by atoms with Crippen LogP contribution < -0.4 is 0 Å². The number of halogens is 1. The summed E-state index contributed by atoms with van der Waals surface area (Å²) in [5, 5.41) is 0.871. The minimum atomic E-state index is 0.228. The van der Waals surface area contributed by atoms with Crippen LogP contribution in [0, 0.1) is 29.1 Å². The number of fused-ring (bicyclic) bond motifs is 9. The van der Waals surface area contributed by atoms with Gasteiger partial charge in [0.05, 0.1) is 0 Å². The molecule has 30 heavy (non-hydrogen) atoms. The van der Waals surface area contributed by atoms with Gasteiger partial charge in [-0.05, 0) is 113 Å². The highest BCUT2D eigenvalue weighted by Gasteiger charge is 2.76. The predicted octanol–water partition coefficient (Wildman–Crippen LogP) is 7.73. The van der Waals surface area contributed by atoms with E-state index in [9.17, 15) is 0 Å². The highest BCUT2D eigenvalue weighted by Crippen LogP contribution is 2.83. The van der Waals surface area contributed by atoms with Gasteiger partial charge in [-0.25, -0.2) is 0 Å². The third kappa shape index (κ3) is 1.68. The Morgan fingerprint density at radius 2 is 1.57 bits per heavy atom. The van der Waals surface area contributed by atoms with E-state index in [2.05, 4.69) is 66.7 Å².